The van der Waals surface area contributed by atoms with E-state index >= 15 is 0 Å². The number of carbonyl (C=O) groups is 1. The van der Waals surface area contributed by atoms with Crippen LogP contribution in [0, 0.1) is 0 Å². The van der Waals surface area contributed by atoms with E-state index in [2.05, 4.69) is 9.97 Å². The molecule has 0 aliphatic heterocycles. The minimum atomic E-state index is -4.37. The molecular weight excluding hydrogens is 251 g/mol. The summed E-state index contributed by atoms with van der Waals surface area (Å²) in [7, 11) is 0. The molecule has 0 unspecified atom stereocenters. The molecule has 0 amide bonds. The van der Waals surface area contributed by atoms with Crippen molar-refractivity contribution >= 4 is 11.9 Å². The summed E-state index contributed by atoms with van der Waals surface area (Å²) < 4.78 is 37.3. The monoisotopic (exact) mass is 261 g/mol. The number of nitrogens with zero attached hydrogens (tertiary/aromatic N) is 3. The maximum absolute atomic E-state index is 12.4. The van der Waals surface area contributed by atoms with Crippen LogP contribution in [0.4, 0.5) is 19.1 Å². The van der Waals surface area contributed by atoms with Crippen molar-refractivity contribution in [3.63, 3.8) is 0 Å². The number of carboxylic acids is 1. The van der Waals surface area contributed by atoms with Gasteiger partial charge in [-0.2, -0.15) is 13.2 Å². The molecule has 8 heteroatoms. The molecule has 1 saturated carbocycles. The maximum Gasteiger partial charge on any atom is 0.406 e. The number of carboxylic acid groups (broad SMARTS) is 1. The summed E-state index contributed by atoms with van der Waals surface area (Å²) in [4.78, 5) is 19.1. The highest BCUT2D eigenvalue weighted by atomic mass is 19.4. The van der Waals surface area contributed by atoms with Crippen LogP contribution in [0.3, 0.4) is 0 Å². The van der Waals surface area contributed by atoms with E-state index in [9.17, 15) is 18.0 Å². The molecule has 0 spiro atoms. The van der Waals surface area contributed by atoms with Gasteiger partial charge in [0.05, 0.1) is 0 Å². The highest BCUT2D eigenvalue weighted by Crippen LogP contribution is 2.32. The van der Waals surface area contributed by atoms with E-state index in [4.69, 9.17) is 5.11 Å². The standard InChI is InChI=1S/C10H10F3N3O2/c11-10(12,13)5-16(6-1-2-6)9-14-4-3-7(15-9)8(17)18/h3-4,6H,1-2,5H2,(H,17,18). The van der Waals surface area contributed by atoms with Crippen molar-refractivity contribution in [1.29, 1.82) is 0 Å². The lowest BCUT2D eigenvalue weighted by atomic mass is 10.4. The summed E-state index contributed by atoms with van der Waals surface area (Å²) in [6, 6.07) is 0.889. The third-order valence-corrected chi connectivity index (χ3v) is 2.46. The minimum Gasteiger partial charge on any atom is -0.477 e. The van der Waals surface area contributed by atoms with Crippen LogP contribution in [0.1, 0.15) is 23.3 Å². The van der Waals surface area contributed by atoms with Crippen LogP contribution in [-0.2, 0) is 0 Å². The number of aromatic nitrogens is 2. The van der Waals surface area contributed by atoms with Gasteiger partial charge < -0.3 is 10.0 Å². The molecule has 1 aliphatic carbocycles. The molecular formula is C10H10F3N3O2. The molecule has 1 N–H and O–H groups in total. The second-order valence-corrected chi connectivity index (χ2v) is 4.02. The SMILES string of the molecule is O=C(O)c1ccnc(N(CC(F)(F)F)C2CC2)n1. The van der Waals surface area contributed by atoms with Crippen LogP contribution in [-0.4, -0.2) is 39.8 Å². The van der Waals surface area contributed by atoms with Crippen molar-refractivity contribution in [1.82, 2.24) is 9.97 Å². The van der Waals surface area contributed by atoms with Gasteiger partial charge in [0.2, 0.25) is 5.95 Å². The van der Waals surface area contributed by atoms with Crippen molar-refractivity contribution in [3.8, 4) is 0 Å². The van der Waals surface area contributed by atoms with Crippen LogP contribution in [0.25, 0.3) is 0 Å². The van der Waals surface area contributed by atoms with Crippen molar-refractivity contribution in [2.45, 2.75) is 25.1 Å². The molecule has 5 nitrogen and oxygen atoms in total. The smallest absolute Gasteiger partial charge is 0.406 e. The number of hydrogen-bond donors (Lipinski definition) is 1. The molecule has 1 aliphatic rings. The van der Waals surface area contributed by atoms with E-state index in [1.165, 1.54) is 0 Å². The molecule has 1 fully saturated rings. The number of rotatable bonds is 4. The Hall–Kier alpha value is -1.86. The van der Waals surface area contributed by atoms with Gasteiger partial charge in [0.1, 0.15) is 6.54 Å². The average Bonchev–Trinajstić information content (AvgIpc) is 3.08. The lowest BCUT2D eigenvalue weighted by Gasteiger charge is -2.23. The van der Waals surface area contributed by atoms with Crippen molar-refractivity contribution in [2.75, 3.05) is 11.4 Å². The predicted octanol–water partition coefficient (Wildman–Crippen LogP) is 1.71. The van der Waals surface area contributed by atoms with Crippen molar-refractivity contribution < 1.29 is 23.1 Å². The Bertz CT molecular complexity index is 460. The van der Waals surface area contributed by atoms with Crippen LogP contribution < -0.4 is 4.90 Å². The van der Waals surface area contributed by atoms with Gasteiger partial charge in [0, 0.05) is 12.2 Å². The Balaban J connectivity index is 2.25. The van der Waals surface area contributed by atoms with Crippen molar-refractivity contribution in [2.24, 2.45) is 0 Å². The van der Waals surface area contributed by atoms with E-state index in [0.29, 0.717) is 12.8 Å². The van der Waals surface area contributed by atoms with Gasteiger partial charge in [-0.3, -0.25) is 0 Å². The average molecular weight is 261 g/mol. The zero-order chi connectivity index (χ0) is 13.3. The summed E-state index contributed by atoms with van der Waals surface area (Å²) in [5.74, 6) is -1.48. The highest BCUT2D eigenvalue weighted by Gasteiger charge is 2.39. The summed E-state index contributed by atoms with van der Waals surface area (Å²) in [5.41, 5.74) is -0.312. The normalized spacial score (nSPS) is 15.5. The Kier molecular flexibility index (Phi) is 3.10. The minimum absolute atomic E-state index is 0.185. The second kappa shape index (κ2) is 4.43. The molecule has 0 bridgehead atoms. The summed E-state index contributed by atoms with van der Waals surface area (Å²) in [5, 5.41) is 8.75. The highest BCUT2D eigenvalue weighted by molar-refractivity contribution is 5.85. The largest absolute Gasteiger partial charge is 0.477 e. The first-order chi connectivity index (χ1) is 8.37. The first-order valence-corrected chi connectivity index (χ1v) is 5.26. The van der Waals surface area contributed by atoms with Crippen LogP contribution >= 0.6 is 0 Å². The van der Waals surface area contributed by atoms with Gasteiger partial charge in [0.25, 0.3) is 0 Å². The fourth-order valence-electron chi connectivity index (χ4n) is 1.55. The molecule has 0 aromatic carbocycles. The van der Waals surface area contributed by atoms with E-state index in [1.54, 1.807) is 0 Å². The maximum atomic E-state index is 12.4. The molecule has 0 saturated heterocycles. The Labute approximate surface area is 100 Å². The van der Waals surface area contributed by atoms with E-state index < -0.39 is 18.7 Å². The molecule has 0 atom stereocenters. The van der Waals surface area contributed by atoms with E-state index in [1.807, 2.05) is 0 Å². The number of alkyl halides is 3. The fourth-order valence-corrected chi connectivity index (χ4v) is 1.55. The molecule has 0 radical (unpaired) electrons. The number of anilines is 1. The van der Waals surface area contributed by atoms with Gasteiger partial charge in [-0.05, 0) is 18.9 Å². The van der Waals surface area contributed by atoms with Gasteiger partial charge in [0.15, 0.2) is 5.69 Å². The first kappa shape index (κ1) is 12.6. The van der Waals surface area contributed by atoms with Gasteiger partial charge in [-0.25, -0.2) is 14.8 Å². The molecule has 1 aromatic heterocycles. The van der Waals surface area contributed by atoms with E-state index in [-0.39, 0.29) is 17.7 Å². The summed E-state index contributed by atoms with van der Waals surface area (Å²) in [6.07, 6.45) is -1.95. The Morgan fingerprint density at radius 2 is 2.17 bits per heavy atom. The zero-order valence-corrected chi connectivity index (χ0v) is 9.18. The van der Waals surface area contributed by atoms with Gasteiger partial charge in [-0.1, -0.05) is 0 Å². The van der Waals surface area contributed by atoms with Crippen LogP contribution in [0.15, 0.2) is 12.3 Å². The van der Waals surface area contributed by atoms with Gasteiger partial charge in [-0.15, -0.1) is 0 Å². The topological polar surface area (TPSA) is 66.3 Å². The fraction of sp³-hybridized carbons (Fsp3) is 0.500. The number of halogens is 3. The molecule has 2 rings (SSSR count). The molecule has 98 valence electrons. The van der Waals surface area contributed by atoms with Crippen molar-refractivity contribution in [3.05, 3.63) is 18.0 Å². The number of hydrogen-bond acceptors (Lipinski definition) is 4. The Morgan fingerprint density at radius 3 is 2.67 bits per heavy atom. The van der Waals surface area contributed by atoms with E-state index in [0.717, 1.165) is 17.2 Å². The molecule has 18 heavy (non-hydrogen) atoms. The lowest BCUT2D eigenvalue weighted by molar-refractivity contribution is -0.120. The Morgan fingerprint density at radius 1 is 1.50 bits per heavy atom. The zero-order valence-electron chi connectivity index (χ0n) is 9.18. The third-order valence-electron chi connectivity index (χ3n) is 2.46. The summed E-state index contributed by atoms with van der Waals surface area (Å²) >= 11 is 0. The van der Waals surface area contributed by atoms with Crippen LogP contribution in [0.2, 0.25) is 0 Å². The lowest BCUT2D eigenvalue weighted by Crippen LogP contribution is -2.37. The predicted molar refractivity (Wildman–Crippen MR) is 55.4 cm³/mol. The molecule has 1 heterocycles. The molecule has 1 aromatic rings. The van der Waals surface area contributed by atoms with Gasteiger partial charge >= 0.3 is 12.1 Å². The quantitative estimate of drug-likeness (QED) is 0.893. The second-order valence-electron chi connectivity index (χ2n) is 4.02. The first-order valence-electron chi connectivity index (χ1n) is 5.26. The number of aromatic carboxylic acids is 1. The van der Waals surface area contributed by atoms with Crippen LogP contribution in [0.5, 0.6) is 0 Å². The third kappa shape index (κ3) is 3.08. The summed E-state index contributed by atoms with van der Waals surface area (Å²) in [6.45, 7) is -1.17.